The standard InChI is InChI=1S/C24H36N6/c1-2-4-10-27(9-3-1)13-14-28-15-17-29(18-16-28)21-7-8-23-22(19-21)24(26-20-25-23)30-11-5-6-12-30/h7-8,19-20H,1-6,9-18H2. The molecule has 3 aliphatic heterocycles. The van der Waals surface area contributed by atoms with Crippen LogP contribution in [-0.4, -0.2) is 85.2 Å². The molecule has 0 unspecified atom stereocenters. The van der Waals surface area contributed by atoms with Crippen LogP contribution in [0.15, 0.2) is 24.5 Å². The summed E-state index contributed by atoms with van der Waals surface area (Å²) in [5, 5.41) is 1.21. The lowest BCUT2D eigenvalue weighted by Crippen LogP contribution is -2.48. The monoisotopic (exact) mass is 408 g/mol. The Kier molecular flexibility index (Phi) is 6.32. The van der Waals surface area contributed by atoms with E-state index in [1.54, 1.807) is 6.33 Å². The van der Waals surface area contributed by atoms with Crippen molar-refractivity contribution in [3.63, 3.8) is 0 Å². The van der Waals surface area contributed by atoms with Crippen molar-refractivity contribution in [1.29, 1.82) is 0 Å². The largest absolute Gasteiger partial charge is 0.369 e. The van der Waals surface area contributed by atoms with Crippen molar-refractivity contribution < 1.29 is 0 Å². The molecular weight excluding hydrogens is 372 g/mol. The molecule has 0 amide bonds. The van der Waals surface area contributed by atoms with E-state index in [9.17, 15) is 0 Å². The highest BCUT2D eigenvalue weighted by Gasteiger charge is 2.21. The van der Waals surface area contributed by atoms with Crippen LogP contribution in [0.4, 0.5) is 11.5 Å². The average molecular weight is 409 g/mol. The molecule has 6 nitrogen and oxygen atoms in total. The fraction of sp³-hybridized carbons (Fsp3) is 0.667. The summed E-state index contributed by atoms with van der Waals surface area (Å²) in [6.07, 6.45) is 9.88. The molecule has 3 aliphatic rings. The molecule has 0 bridgehead atoms. The fourth-order valence-electron chi connectivity index (χ4n) is 5.28. The first kappa shape index (κ1) is 20.0. The van der Waals surface area contributed by atoms with Gasteiger partial charge in [0.1, 0.15) is 12.1 Å². The van der Waals surface area contributed by atoms with Crippen molar-refractivity contribution in [2.24, 2.45) is 0 Å². The first-order valence-corrected chi connectivity index (χ1v) is 12.1. The Morgan fingerprint density at radius 3 is 2.03 bits per heavy atom. The van der Waals surface area contributed by atoms with Gasteiger partial charge in [-0.05, 0) is 57.0 Å². The number of piperazine rings is 1. The summed E-state index contributed by atoms with van der Waals surface area (Å²) in [4.78, 5) is 19.5. The number of aromatic nitrogens is 2. The van der Waals surface area contributed by atoms with Gasteiger partial charge in [-0.1, -0.05) is 12.8 Å². The van der Waals surface area contributed by atoms with E-state index in [0.29, 0.717) is 0 Å². The van der Waals surface area contributed by atoms with Gasteiger partial charge in [0.15, 0.2) is 0 Å². The summed E-state index contributed by atoms with van der Waals surface area (Å²) in [7, 11) is 0. The summed E-state index contributed by atoms with van der Waals surface area (Å²) in [5.41, 5.74) is 2.39. The third-order valence-electron chi connectivity index (χ3n) is 7.17. The molecule has 2 aromatic rings. The molecule has 1 aromatic carbocycles. The van der Waals surface area contributed by atoms with E-state index in [1.165, 1.54) is 75.8 Å². The van der Waals surface area contributed by atoms with Gasteiger partial charge in [0.05, 0.1) is 5.52 Å². The first-order valence-electron chi connectivity index (χ1n) is 12.1. The zero-order valence-electron chi connectivity index (χ0n) is 18.3. The van der Waals surface area contributed by atoms with Gasteiger partial charge in [0, 0.05) is 63.4 Å². The topological polar surface area (TPSA) is 38.7 Å². The van der Waals surface area contributed by atoms with E-state index < -0.39 is 0 Å². The molecule has 1 aromatic heterocycles. The SMILES string of the molecule is c1nc(N2CCCC2)c2cc(N3CCN(CCN4CCCCCC4)CC3)ccc2n1. The van der Waals surface area contributed by atoms with Crippen LogP contribution in [0.2, 0.25) is 0 Å². The predicted molar refractivity (Wildman–Crippen MR) is 125 cm³/mol. The number of nitrogens with zero attached hydrogens (tertiary/aromatic N) is 6. The predicted octanol–water partition coefficient (Wildman–Crippen LogP) is 3.23. The number of fused-ring (bicyclic) bond motifs is 1. The van der Waals surface area contributed by atoms with Gasteiger partial charge >= 0.3 is 0 Å². The van der Waals surface area contributed by atoms with Crippen LogP contribution >= 0.6 is 0 Å². The minimum Gasteiger partial charge on any atom is -0.369 e. The van der Waals surface area contributed by atoms with Gasteiger partial charge in [-0.2, -0.15) is 0 Å². The summed E-state index contributed by atoms with van der Waals surface area (Å²) >= 11 is 0. The van der Waals surface area contributed by atoms with Gasteiger partial charge in [0.2, 0.25) is 0 Å². The van der Waals surface area contributed by atoms with Crippen LogP contribution in [0.5, 0.6) is 0 Å². The van der Waals surface area contributed by atoms with Gasteiger partial charge in [-0.25, -0.2) is 9.97 Å². The Morgan fingerprint density at radius 1 is 0.633 bits per heavy atom. The van der Waals surface area contributed by atoms with Crippen LogP contribution in [0.3, 0.4) is 0 Å². The van der Waals surface area contributed by atoms with Crippen LogP contribution in [-0.2, 0) is 0 Å². The molecule has 4 heterocycles. The summed E-state index contributed by atoms with van der Waals surface area (Å²) in [6, 6.07) is 6.75. The van der Waals surface area contributed by atoms with Crippen molar-refractivity contribution in [2.45, 2.75) is 38.5 Å². The second kappa shape index (κ2) is 9.48. The van der Waals surface area contributed by atoms with E-state index in [-0.39, 0.29) is 0 Å². The highest BCUT2D eigenvalue weighted by molar-refractivity contribution is 5.92. The molecule has 0 spiro atoms. The molecular formula is C24H36N6. The van der Waals surface area contributed by atoms with Crippen molar-refractivity contribution in [3.8, 4) is 0 Å². The Bertz CT molecular complexity index is 818. The Balaban J connectivity index is 1.21. The van der Waals surface area contributed by atoms with Crippen molar-refractivity contribution in [3.05, 3.63) is 24.5 Å². The molecule has 0 atom stereocenters. The maximum atomic E-state index is 4.65. The number of anilines is 2. The van der Waals surface area contributed by atoms with E-state index in [0.717, 1.165) is 50.6 Å². The molecule has 30 heavy (non-hydrogen) atoms. The van der Waals surface area contributed by atoms with Crippen molar-refractivity contribution in [1.82, 2.24) is 19.8 Å². The molecule has 0 aliphatic carbocycles. The molecule has 3 saturated heterocycles. The highest BCUT2D eigenvalue weighted by Crippen LogP contribution is 2.30. The number of hydrogen-bond acceptors (Lipinski definition) is 6. The van der Waals surface area contributed by atoms with E-state index in [4.69, 9.17) is 0 Å². The molecule has 0 saturated carbocycles. The minimum absolute atomic E-state index is 1.06. The smallest absolute Gasteiger partial charge is 0.139 e. The van der Waals surface area contributed by atoms with E-state index in [2.05, 4.69) is 47.8 Å². The summed E-state index contributed by atoms with van der Waals surface area (Å²) in [6.45, 7) is 11.9. The number of likely N-dealkylation sites (tertiary alicyclic amines) is 1. The van der Waals surface area contributed by atoms with Crippen LogP contribution in [0, 0.1) is 0 Å². The molecule has 162 valence electrons. The van der Waals surface area contributed by atoms with Crippen LogP contribution < -0.4 is 9.80 Å². The third-order valence-corrected chi connectivity index (χ3v) is 7.17. The fourth-order valence-corrected chi connectivity index (χ4v) is 5.28. The third kappa shape index (κ3) is 4.54. The first-order chi connectivity index (χ1) is 14.9. The number of rotatable bonds is 5. The Hall–Kier alpha value is -1.92. The Morgan fingerprint density at radius 2 is 1.30 bits per heavy atom. The molecule has 6 heteroatoms. The summed E-state index contributed by atoms with van der Waals surface area (Å²) in [5.74, 6) is 1.12. The second-order valence-corrected chi connectivity index (χ2v) is 9.18. The quantitative estimate of drug-likeness (QED) is 0.756. The van der Waals surface area contributed by atoms with Crippen molar-refractivity contribution in [2.75, 3.05) is 75.2 Å². The molecule has 3 fully saturated rings. The zero-order chi connectivity index (χ0) is 20.2. The van der Waals surface area contributed by atoms with Gasteiger partial charge in [0.25, 0.3) is 0 Å². The van der Waals surface area contributed by atoms with Gasteiger partial charge in [-0.3, -0.25) is 4.90 Å². The summed E-state index contributed by atoms with van der Waals surface area (Å²) < 4.78 is 0. The lowest BCUT2D eigenvalue weighted by molar-refractivity contribution is 0.200. The van der Waals surface area contributed by atoms with E-state index >= 15 is 0 Å². The normalized spacial score (nSPS) is 22.0. The Labute approximate surface area is 180 Å². The average Bonchev–Trinajstić information content (AvgIpc) is 3.21. The molecule has 0 N–H and O–H groups in total. The van der Waals surface area contributed by atoms with E-state index in [1.807, 2.05) is 0 Å². The minimum atomic E-state index is 1.06. The number of benzene rings is 1. The maximum absolute atomic E-state index is 4.65. The lowest BCUT2D eigenvalue weighted by Gasteiger charge is -2.37. The highest BCUT2D eigenvalue weighted by atomic mass is 15.3. The van der Waals surface area contributed by atoms with Crippen LogP contribution in [0.1, 0.15) is 38.5 Å². The van der Waals surface area contributed by atoms with Crippen molar-refractivity contribution >= 4 is 22.4 Å². The van der Waals surface area contributed by atoms with Crippen LogP contribution in [0.25, 0.3) is 10.9 Å². The second-order valence-electron chi connectivity index (χ2n) is 9.18. The van der Waals surface area contributed by atoms with Gasteiger partial charge in [-0.15, -0.1) is 0 Å². The van der Waals surface area contributed by atoms with Gasteiger partial charge < -0.3 is 14.7 Å². The lowest BCUT2D eigenvalue weighted by atomic mass is 10.1. The molecule has 5 rings (SSSR count). The maximum Gasteiger partial charge on any atom is 0.139 e. The molecule has 0 radical (unpaired) electrons. The zero-order valence-corrected chi connectivity index (χ0v) is 18.3. The number of hydrogen-bond donors (Lipinski definition) is 0.